The summed E-state index contributed by atoms with van der Waals surface area (Å²) in [7, 11) is 1.80. The molecule has 0 atom stereocenters. The number of carbonyl (C=O) groups excluding carboxylic acids is 1. The highest BCUT2D eigenvalue weighted by molar-refractivity contribution is 6.06. The lowest BCUT2D eigenvalue weighted by molar-refractivity contribution is -0.116. The van der Waals surface area contributed by atoms with Crippen molar-refractivity contribution in [3.05, 3.63) is 105 Å². The summed E-state index contributed by atoms with van der Waals surface area (Å²) in [5.41, 5.74) is 3.72. The molecule has 0 saturated carbocycles. The first-order valence-electron chi connectivity index (χ1n) is 11.0. The number of fused-ring (bicyclic) bond motifs is 3. The number of carbonyl (C=O) groups is 1. The number of nitrogens with one attached hydrogen (secondary N) is 1. The molecular weight excluding hydrogens is 428 g/mol. The van der Waals surface area contributed by atoms with E-state index < -0.39 is 11.2 Å². The van der Waals surface area contributed by atoms with Crippen LogP contribution in [0.3, 0.4) is 0 Å². The first kappa shape index (κ1) is 21.5. The number of rotatable bonds is 4. The van der Waals surface area contributed by atoms with Gasteiger partial charge in [-0.2, -0.15) is 0 Å². The lowest BCUT2D eigenvalue weighted by Gasteiger charge is -2.14. The third-order valence-electron chi connectivity index (χ3n) is 6.16. The number of aryl methyl sites for hydroxylation is 3. The molecule has 2 heterocycles. The van der Waals surface area contributed by atoms with Gasteiger partial charge >= 0.3 is 5.69 Å². The third-order valence-corrected chi connectivity index (χ3v) is 6.16. The van der Waals surface area contributed by atoms with Crippen molar-refractivity contribution < 1.29 is 4.79 Å². The molecule has 0 aliphatic rings. The summed E-state index contributed by atoms with van der Waals surface area (Å²) in [6.45, 7) is 3.63. The molecule has 0 bridgehead atoms. The van der Waals surface area contributed by atoms with Crippen LogP contribution in [0.15, 0.2) is 82.4 Å². The number of anilines is 1. The molecule has 34 heavy (non-hydrogen) atoms. The molecular formula is C27H24N4O3. The number of amides is 1. The lowest BCUT2D eigenvalue weighted by atomic mass is 10.1. The van der Waals surface area contributed by atoms with Crippen LogP contribution in [0.5, 0.6) is 0 Å². The highest BCUT2D eigenvalue weighted by Crippen LogP contribution is 2.27. The zero-order valence-electron chi connectivity index (χ0n) is 19.2. The molecule has 0 saturated heterocycles. The van der Waals surface area contributed by atoms with Crippen LogP contribution in [0, 0.1) is 13.8 Å². The summed E-state index contributed by atoms with van der Waals surface area (Å²) in [6.07, 6.45) is 0. The molecule has 1 amide bonds. The molecule has 0 aliphatic heterocycles. The van der Waals surface area contributed by atoms with Crippen LogP contribution in [0.4, 0.5) is 5.69 Å². The van der Waals surface area contributed by atoms with E-state index in [0.29, 0.717) is 22.4 Å². The van der Waals surface area contributed by atoms with Crippen molar-refractivity contribution in [3.63, 3.8) is 0 Å². The Kier molecular flexibility index (Phi) is 5.17. The molecule has 0 spiro atoms. The van der Waals surface area contributed by atoms with E-state index in [9.17, 15) is 14.4 Å². The van der Waals surface area contributed by atoms with Gasteiger partial charge in [0.2, 0.25) is 5.91 Å². The second-order valence-corrected chi connectivity index (χ2v) is 8.48. The fourth-order valence-corrected chi connectivity index (χ4v) is 4.46. The minimum Gasteiger partial charge on any atom is -0.338 e. The fourth-order valence-electron chi connectivity index (χ4n) is 4.46. The van der Waals surface area contributed by atoms with Crippen molar-refractivity contribution in [1.82, 2.24) is 13.7 Å². The second-order valence-electron chi connectivity index (χ2n) is 8.48. The van der Waals surface area contributed by atoms with E-state index in [1.807, 2.05) is 62.4 Å². The van der Waals surface area contributed by atoms with Crippen molar-refractivity contribution >= 4 is 33.5 Å². The Morgan fingerprint density at radius 2 is 1.59 bits per heavy atom. The van der Waals surface area contributed by atoms with E-state index in [4.69, 9.17) is 0 Å². The maximum atomic E-state index is 13.7. The molecule has 0 aliphatic carbocycles. The van der Waals surface area contributed by atoms with Gasteiger partial charge in [-0.15, -0.1) is 0 Å². The van der Waals surface area contributed by atoms with Crippen LogP contribution < -0.4 is 16.6 Å². The summed E-state index contributed by atoms with van der Waals surface area (Å²) < 4.78 is 4.33. The second kappa shape index (κ2) is 8.19. The highest BCUT2D eigenvalue weighted by Gasteiger charge is 2.22. The van der Waals surface area contributed by atoms with E-state index in [2.05, 4.69) is 5.32 Å². The summed E-state index contributed by atoms with van der Waals surface area (Å²) in [4.78, 5) is 40.5. The maximum Gasteiger partial charge on any atom is 0.336 e. The Morgan fingerprint density at radius 3 is 2.32 bits per heavy atom. The number of hydrogen-bond acceptors (Lipinski definition) is 3. The topological polar surface area (TPSA) is 78.0 Å². The molecule has 1 N–H and O–H groups in total. The van der Waals surface area contributed by atoms with Gasteiger partial charge < -0.3 is 9.88 Å². The first-order chi connectivity index (χ1) is 16.4. The van der Waals surface area contributed by atoms with Crippen molar-refractivity contribution in [3.8, 4) is 5.69 Å². The lowest BCUT2D eigenvalue weighted by Crippen LogP contribution is -2.41. The van der Waals surface area contributed by atoms with E-state index in [0.717, 1.165) is 26.6 Å². The monoisotopic (exact) mass is 452 g/mol. The van der Waals surface area contributed by atoms with E-state index in [-0.39, 0.29) is 12.5 Å². The Bertz CT molecular complexity index is 1690. The predicted octanol–water partition coefficient (Wildman–Crippen LogP) is 3.90. The SMILES string of the molecule is Cc1ccc2c(c1)c1c(c(=O)n(-c3ccccc3)c(=O)n1CC(=O)Nc1ccccc1C)n2C. The number of nitrogens with zero attached hydrogens (tertiary/aromatic N) is 3. The molecule has 5 aromatic rings. The minimum absolute atomic E-state index is 0.232. The average Bonchev–Trinajstić information content (AvgIpc) is 3.11. The van der Waals surface area contributed by atoms with Crippen molar-refractivity contribution in [2.24, 2.45) is 7.05 Å². The van der Waals surface area contributed by atoms with Crippen LogP contribution in [0.25, 0.3) is 27.6 Å². The molecule has 0 radical (unpaired) electrons. The van der Waals surface area contributed by atoms with Crippen molar-refractivity contribution in [2.75, 3.05) is 5.32 Å². The summed E-state index contributed by atoms with van der Waals surface area (Å²) in [5, 5.41) is 3.66. The summed E-state index contributed by atoms with van der Waals surface area (Å²) >= 11 is 0. The number of hydrogen-bond donors (Lipinski definition) is 1. The predicted molar refractivity (Wildman–Crippen MR) is 135 cm³/mol. The minimum atomic E-state index is -0.558. The van der Waals surface area contributed by atoms with Gasteiger partial charge in [0.1, 0.15) is 12.1 Å². The van der Waals surface area contributed by atoms with Gasteiger partial charge in [0, 0.05) is 18.1 Å². The summed E-state index contributed by atoms with van der Waals surface area (Å²) in [5.74, 6) is -0.347. The van der Waals surface area contributed by atoms with Gasteiger partial charge in [-0.1, -0.05) is 48.0 Å². The van der Waals surface area contributed by atoms with E-state index in [1.165, 1.54) is 4.57 Å². The average molecular weight is 453 g/mol. The number of para-hydroxylation sites is 2. The van der Waals surface area contributed by atoms with E-state index in [1.54, 1.807) is 35.9 Å². The van der Waals surface area contributed by atoms with Gasteiger partial charge in [0.05, 0.1) is 16.7 Å². The van der Waals surface area contributed by atoms with Gasteiger partial charge in [-0.05, 0) is 49.7 Å². The number of benzene rings is 3. The first-order valence-corrected chi connectivity index (χ1v) is 11.0. The number of aromatic nitrogens is 3. The normalized spacial score (nSPS) is 11.3. The molecule has 0 fully saturated rings. The van der Waals surface area contributed by atoms with Crippen molar-refractivity contribution in [2.45, 2.75) is 20.4 Å². The maximum absolute atomic E-state index is 13.7. The highest BCUT2D eigenvalue weighted by atomic mass is 16.2. The van der Waals surface area contributed by atoms with Crippen LogP contribution in [-0.2, 0) is 18.4 Å². The Hall–Kier alpha value is -4.39. The smallest absolute Gasteiger partial charge is 0.336 e. The Balaban J connectivity index is 1.79. The van der Waals surface area contributed by atoms with Crippen LogP contribution in [0.2, 0.25) is 0 Å². The van der Waals surface area contributed by atoms with Crippen LogP contribution >= 0.6 is 0 Å². The van der Waals surface area contributed by atoms with Crippen LogP contribution in [0.1, 0.15) is 11.1 Å². The molecule has 0 unspecified atom stereocenters. The molecule has 170 valence electrons. The zero-order chi connectivity index (χ0) is 24.0. The van der Waals surface area contributed by atoms with Crippen molar-refractivity contribution in [1.29, 1.82) is 0 Å². The van der Waals surface area contributed by atoms with Crippen LogP contribution in [-0.4, -0.2) is 19.6 Å². The zero-order valence-corrected chi connectivity index (χ0v) is 19.2. The fraction of sp³-hybridized carbons (Fsp3) is 0.148. The van der Waals surface area contributed by atoms with Gasteiger partial charge in [0.25, 0.3) is 5.56 Å². The largest absolute Gasteiger partial charge is 0.338 e. The Labute approximate surface area is 195 Å². The quantitative estimate of drug-likeness (QED) is 0.449. The Morgan fingerprint density at radius 1 is 0.882 bits per heavy atom. The van der Waals surface area contributed by atoms with E-state index >= 15 is 0 Å². The molecule has 7 heteroatoms. The standard InChI is InChI=1S/C27H24N4O3/c1-17-13-14-22-20(15-17)24-25(29(22)3)26(33)31(19-10-5-4-6-11-19)27(34)30(24)16-23(32)28-21-12-8-7-9-18(21)2/h4-15H,16H2,1-3H3,(H,28,32). The summed E-state index contributed by atoms with van der Waals surface area (Å²) in [6, 6.07) is 22.1. The van der Waals surface area contributed by atoms with Gasteiger partial charge in [0.15, 0.2) is 0 Å². The molecule has 2 aromatic heterocycles. The molecule has 5 rings (SSSR count). The third kappa shape index (κ3) is 3.42. The molecule has 7 nitrogen and oxygen atoms in total. The van der Waals surface area contributed by atoms with Gasteiger partial charge in [-0.25, -0.2) is 9.36 Å². The van der Waals surface area contributed by atoms with Gasteiger partial charge in [-0.3, -0.25) is 14.2 Å². The molecule has 3 aromatic carbocycles.